The monoisotopic (exact) mass is 210 g/mol. The SMILES string of the molecule is CC(C)CCCn1cccc1C(N)=S. The van der Waals surface area contributed by atoms with Crippen LogP contribution in [0.2, 0.25) is 0 Å². The Bertz CT molecular complexity index is 302. The molecule has 0 radical (unpaired) electrons. The molecule has 3 heteroatoms. The third-order valence-corrected chi connectivity index (χ3v) is 2.47. The number of aromatic nitrogens is 1. The molecule has 0 bridgehead atoms. The highest BCUT2D eigenvalue weighted by molar-refractivity contribution is 7.80. The first-order valence-corrected chi connectivity index (χ1v) is 5.47. The Kier molecular flexibility index (Phi) is 4.14. The second-order valence-electron chi connectivity index (χ2n) is 3.99. The number of rotatable bonds is 5. The summed E-state index contributed by atoms with van der Waals surface area (Å²) in [6, 6.07) is 3.96. The van der Waals surface area contributed by atoms with Crippen molar-refractivity contribution in [1.82, 2.24) is 4.57 Å². The topological polar surface area (TPSA) is 30.9 Å². The lowest BCUT2D eigenvalue weighted by Gasteiger charge is -2.09. The van der Waals surface area contributed by atoms with Gasteiger partial charge in [-0.3, -0.25) is 0 Å². The van der Waals surface area contributed by atoms with E-state index < -0.39 is 0 Å². The summed E-state index contributed by atoms with van der Waals surface area (Å²) < 4.78 is 2.13. The van der Waals surface area contributed by atoms with Crippen LogP contribution in [0.15, 0.2) is 18.3 Å². The minimum absolute atomic E-state index is 0.486. The van der Waals surface area contributed by atoms with Gasteiger partial charge in [0, 0.05) is 12.7 Å². The van der Waals surface area contributed by atoms with Gasteiger partial charge in [-0.05, 0) is 30.9 Å². The molecule has 0 aliphatic heterocycles. The Morgan fingerprint density at radius 2 is 2.29 bits per heavy atom. The lowest BCUT2D eigenvalue weighted by atomic mass is 10.1. The molecule has 1 heterocycles. The molecule has 0 aromatic carbocycles. The minimum Gasteiger partial charge on any atom is -0.388 e. The van der Waals surface area contributed by atoms with Crippen LogP contribution < -0.4 is 5.73 Å². The van der Waals surface area contributed by atoms with Crippen molar-refractivity contribution in [3.8, 4) is 0 Å². The molecule has 78 valence electrons. The van der Waals surface area contributed by atoms with Gasteiger partial charge in [-0.1, -0.05) is 26.1 Å². The second-order valence-corrected chi connectivity index (χ2v) is 4.43. The van der Waals surface area contributed by atoms with Gasteiger partial charge in [0.1, 0.15) is 4.99 Å². The first kappa shape index (κ1) is 11.2. The van der Waals surface area contributed by atoms with Crippen LogP contribution >= 0.6 is 12.2 Å². The van der Waals surface area contributed by atoms with Gasteiger partial charge in [0.05, 0.1) is 5.69 Å². The summed E-state index contributed by atoms with van der Waals surface area (Å²) in [6.45, 7) is 5.49. The first-order chi connectivity index (χ1) is 6.61. The van der Waals surface area contributed by atoms with Crippen LogP contribution in [0, 0.1) is 5.92 Å². The molecule has 1 aromatic rings. The van der Waals surface area contributed by atoms with Crippen molar-refractivity contribution < 1.29 is 0 Å². The number of nitrogens with zero attached hydrogens (tertiary/aromatic N) is 1. The van der Waals surface area contributed by atoms with Crippen LogP contribution in [0.4, 0.5) is 0 Å². The van der Waals surface area contributed by atoms with Gasteiger partial charge < -0.3 is 10.3 Å². The number of thiocarbonyl (C=S) groups is 1. The zero-order valence-corrected chi connectivity index (χ0v) is 9.68. The molecule has 0 unspecified atom stereocenters. The van der Waals surface area contributed by atoms with E-state index in [0.717, 1.165) is 18.2 Å². The van der Waals surface area contributed by atoms with Gasteiger partial charge in [-0.2, -0.15) is 0 Å². The molecule has 0 amide bonds. The van der Waals surface area contributed by atoms with Crippen molar-refractivity contribution >= 4 is 17.2 Å². The van der Waals surface area contributed by atoms with Crippen molar-refractivity contribution in [2.24, 2.45) is 11.7 Å². The minimum atomic E-state index is 0.486. The molecule has 1 rings (SSSR count). The van der Waals surface area contributed by atoms with E-state index in [1.54, 1.807) is 0 Å². The Labute approximate surface area is 91.1 Å². The predicted octanol–water partition coefficient (Wildman–Crippen LogP) is 2.56. The molecule has 0 atom stereocenters. The molecule has 0 spiro atoms. The molecule has 2 nitrogen and oxygen atoms in total. The van der Waals surface area contributed by atoms with Crippen molar-refractivity contribution in [3.05, 3.63) is 24.0 Å². The maximum absolute atomic E-state index is 5.60. The third-order valence-electron chi connectivity index (χ3n) is 2.26. The van der Waals surface area contributed by atoms with E-state index in [2.05, 4.69) is 18.4 Å². The van der Waals surface area contributed by atoms with Gasteiger partial charge in [0.25, 0.3) is 0 Å². The molecular formula is C11H18N2S. The van der Waals surface area contributed by atoms with Crippen molar-refractivity contribution in [3.63, 3.8) is 0 Å². The summed E-state index contributed by atoms with van der Waals surface area (Å²) in [5, 5.41) is 0. The number of hydrogen-bond acceptors (Lipinski definition) is 1. The number of aryl methyl sites for hydroxylation is 1. The highest BCUT2D eigenvalue weighted by Crippen LogP contribution is 2.08. The molecule has 0 fully saturated rings. The number of nitrogens with two attached hydrogens (primary N) is 1. The van der Waals surface area contributed by atoms with Crippen LogP contribution in [0.5, 0.6) is 0 Å². The largest absolute Gasteiger partial charge is 0.388 e. The summed E-state index contributed by atoms with van der Waals surface area (Å²) in [7, 11) is 0. The molecular weight excluding hydrogens is 192 g/mol. The zero-order chi connectivity index (χ0) is 10.6. The summed E-state index contributed by atoms with van der Waals surface area (Å²) in [4.78, 5) is 0.486. The van der Waals surface area contributed by atoms with E-state index in [-0.39, 0.29) is 0 Å². The van der Waals surface area contributed by atoms with Crippen LogP contribution in [-0.2, 0) is 6.54 Å². The van der Waals surface area contributed by atoms with Crippen LogP contribution in [-0.4, -0.2) is 9.56 Å². The van der Waals surface area contributed by atoms with Crippen LogP contribution in [0.3, 0.4) is 0 Å². The molecule has 14 heavy (non-hydrogen) atoms. The second kappa shape index (κ2) is 5.15. The summed E-state index contributed by atoms with van der Waals surface area (Å²) in [5.41, 5.74) is 6.58. The lowest BCUT2D eigenvalue weighted by molar-refractivity contribution is 0.512. The van der Waals surface area contributed by atoms with Gasteiger partial charge in [-0.15, -0.1) is 0 Å². The van der Waals surface area contributed by atoms with Gasteiger partial charge >= 0.3 is 0 Å². The fraction of sp³-hybridized carbons (Fsp3) is 0.545. The van der Waals surface area contributed by atoms with Crippen LogP contribution in [0.25, 0.3) is 0 Å². The van der Waals surface area contributed by atoms with Crippen molar-refractivity contribution in [2.75, 3.05) is 0 Å². The van der Waals surface area contributed by atoms with Crippen molar-refractivity contribution in [2.45, 2.75) is 33.2 Å². The summed E-state index contributed by atoms with van der Waals surface area (Å²) >= 11 is 4.96. The fourth-order valence-corrected chi connectivity index (χ4v) is 1.69. The lowest BCUT2D eigenvalue weighted by Crippen LogP contribution is -2.15. The van der Waals surface area contributed by atoms with Crippen LogP contribution in [0.1, 0.15) is 32.4 Å². The van der Waals surface area contributed by atoms with E-state index >= 15 is 0 Å². The first-order valence-electron chi connectivity index (χ1n) is 5.06. The maximum Gasteiger partial charge on any atom is 0.120 e. The standard InChI is InChI=1S/C11H18N2S/c1-9(2)5-3-7-13-8-4-6-10(13)11(12)14/h4,6,8-9H,3,5,7H2,1-2H3,(H2,12,14). The molecule has 0 saturated carbocycles. The van der Waals surface area contributed by atoms with E-state index in [1.807, 2.05) is 18.3 Å². The number of hydrogen-bond donors (Lipinski definition) is 1. The molecule has 0 aliphatic carbocycles. The normalized spacial score (nSPS) is 10.8. The Morgan fingerprint density at radius 1 is 1.57 bits per heavy atom. The molecule has 1 aromatic heterocycles. The quantitative estimate of drug-likeness (QED) is 0.757. The third kappa shape index (κ3) is 3.14. The van der Waals surface area contributed by atoms with Gasteiger partial charge in [0.2, 0.25) is 0 Å². The summed E-state index contributed by atoms with van der Waals surface area (Å²) in [6.07, 6.45) is 4.46. The Hall–Kier alpha value is -0.830. The van der Waals surface area contributed by atoms with E-state index in [0.29, 0.717) is 4.99 Å². The van der Waals surface area contributed by atoms with Crippen molar-refractivity contribution in [1.29, 1.82) is 0 Å². The average Bonchev–Trinajstić information content (AvgIpc) is 2.51. The Balaban J connectivity index is 2.50. The molecule has 0 aliphatic rings. The molecule has 2 N–H and O–H groups in total. The summed E-state index contributed by atoms with van der Waals surface area (Å²) in [5.74, 6) is 0.763. The smallest absolute Gasteiger partial charge is 0.120 e. The fourth-order valence-electron chi connectivity index (χ4n) is 1.50. The highest BCUT2D eigenvalue weighted by atomic mass is 32.1. The van der Waals surface area contributed by atoms with Gasteiger partial charge in [0.15, 0.2) is 0 Å². The zero-order valence-electron chi connectivity index (χ0n) is 8.86. The average molecular weight is 210 g/mol. The van der Waals surface area contributed by atoms with E-state index in [1.165, 1.54) is 12.8 Å². The predicted molar refractivity (Wildman–Crippen MR) is 64.4 cm³/mol. The van der Waals surface area contributed by atoms with E-state index in [9.17, 15) is 0 Å². The molecule has 0 saturated heterocycles. The van der Waals surface area contributed by atoms with E-state index in [4.69, 9.17) is 18.0 Å². The van der Waals surface area contributed by atoms with Gasteiger partial charge in [-0.25, -0.2) is 0 Å². The Morgan fingerprint density at radius 3 is 2.86 bits per heavy atom. The maximum atomic E-state index is 5.60. The highest BCUT2D eigenvalue weighted by Gasteiger charge is 2.03.